The quantitative estimate of drug-likeness (QED) is 0.642. The Morgan fingerprint density at radius 3 is 2.42 bits per heavy atom. The highest BCUT2D eigenvalue weighted by Crippen LogP contribution is 2.29. The molecule has 2 aromatic rings. The van der Waals surface area contributed by atoms with Gasteiger partial charge in [0.25, 0.3) is 11.8 Å². The molecule has 0 radical (unpaired) electrons. The molecule has 2 heterocycles. The summed E-state index contributed by atoms with van der Waals surface area (Å²) in [7, 11) is 0. The summed E-state index contributed by atoms with van der Waals surface area (Å²) in [6, 6.07) is 11.0. The summed E-state index contributed by atoms with van der Waals surface area (Å²) >= 11 is 4.92. The number of thiophene rings is 1. The highest BCUT2D eigenvalue weighted by molar-refractivity contribution is 9.11. The normalized spacial score (nSPS) is 16.4. The molecular formula is C14H8BrNO2S. The first kappa shape index (κ1) is 12.3. The number of rotatable bonds is 1. The molecule has 0 atom stereocenters. The van der Waals surface area contributed by atoms with E-state index in [1.54, 1.807) is 24.3 Å². The van der Waals surface area contributed by atoms with Crippen LogP contribution in [0.15, 0.2) is 40.2 Å². The second-order valence-corrected chi connectivity index (χ2v) is 6.52. The van der Waals surface area contributed by atoms with Crippen LogP contribution in [0.25, 0.3) is 11.6 Å². The first-order chi connectivity index (χ1) is 9.15. The Bertz CT molecular complexity index is 718. The Morgan fingerprint density at radius 1 is 1.00 bits per heavy atom. The number of halogens is 1. The average molecular weight is 334 g/mol. The van der Waals surface area contributed by atoms with E-state index in [4.69, 9.17) is 0 Å². The van der Waals surface area contributed by atoms with Gasteiger partial charge < -0.3 is 0 Å². The van der Waals surface area contributed by atoms with E-state index in [1.807, 2.05) is 18.2 Å². The molecule has 94 valence electrons. The van der Waals surface area contributed by atoms with Crippen LogP contribution in [0.2, 0.25) is 0 Å². The van der Waals surface area contributed by atoms with Gasteiger partial charge in [0.15, 0.2) is 0 Å². The number of imide groups is 1. The fourth-order valence-electron chi connectivity index (χ4n) is 1.97. The van der Waals surface area contributed by atoms with Crippen molar-refractivity contribution in [2.45, 2.75) is 0 Å². The Kier molecular flexibility index (Phi) is 3.08. The van der Waals surface area contributed by atoms with Crippen molar-refractivity contribution < 1.29 is 9.59 Å². The van der Waals surface area contributed by atoms with Crippen molar-refractivity contribution in [1.29, 1.82) is 0 Å². The fraction of sp³-hybridized carbons (Fsp3) is 0. The molecule has 0 aliphatic carbocycles. The number of hydrogen-bond donors (Lipinski definition) is 1. The summed E-state index contributed by atoms with van der Waals surface area (Å²) in [5.41, 5.74) is 1.73. The van der Waals surface area contributed by atoms with E-state index in [1.165, 1.54) is 11.3 Å². The lowest BCUT2D eigenvalue weighted by atomic mass is 9.94. The van der Waals surface area contributed by atoms with Gasteiger partial charge in [0.05, 0.1) is 3.79 Å². The molecular weight excluding hydrogens is 326 g/mol. The molecule has 1 aliphatic heterocycles. The predicted molar refractivity (Wildman–Crippen MR) is 78.8 cm³/mol. The Balaban J connectivity index is 2.15. The average Bonchev–Trinajstić information content (AvgIpc) is 2.80. The third kappa shape index (κ3) is 2.27. The molecule has 0 fully saturated rings. The minimum atomic E-state index is -0.353. The number of hydrogen-bond acceptors (Lipinski definition) is 3. The second-order valence-electron chi connectivity index (χ2n) is 4.03. The number of amides is 2. The number of carbonyl (C=O) groups is 2. The standard InChI is InChI=1S/C14H8BrNO2S/c15-12-6-5-8(19-12)7-11-9-3-1-2-4-10(9)13(17)16-14(11)18/h1-7H,(H,16,17,18)/b11-7-. The number of nitrogens with one attached hydrogen (secondary N) is 1. The molecule has 1 aromatic heterocycles. The van der Waals surface area contributed by atoms with Gasteiger partial charge in [0.2, 0.25) is 0 Å². The molecule has 3 rings (SSSR count). The summed E-state index contributed by atoms with van der Waals surface area (Å²) in [6.07, 6.45) is 1.80. The molecule has 0 saturated carbocycles. The Hall–Kier alpha value is -1.72. The SMILES string of the molecule is O=C1NC(=O)c2ccccc2/C1=C/c1ccc(Br)s1. The van der Waals surface area contributed by atoms with Crippen LogP contribution in [0.5, 0.6) is 0 Å². The summed E-state index contributed by atoms with van der Waals surface area (Å²) in [5, 5.41) is 2.36. The largest absolute Gasteiger partial charge is 0.288 e. The molecule has 0 spiro atoms. The number of benzene rings is 1. The lowest BCUT2D eigenvalue weighted by molar-refractivity contribution is -0.114. The van der Waals surface area contributed by atoms with Gasteiger partial charge in [-0.1, -0.05) is 18.2 Å². The summed E-state index contributed by atoms with van der Waals surface area (Å²) in [4.78, 5) is 24.7. The van der Waals surface area contributed by atoms with Crippen molar-refractivity contribution in [3.05, 3.63) is 56.2 Å². The summed E-state index contributed by atoms with van der Waals surface area (Å²) in [6.45, 7) is 0. The zero-order chi connectivity index (χ0) is 13.4. The molecule has 2 amide bonds. The van der Waals surface area contributed by atoms with Crippen LogP contribution >= 0.6 is 27.3 Å². The zero-order valence-corrected chi connectivity index (χ0v) is 12.0. The summed E-state index contributed by atoms with van der Waals surface area (Å²) in [5.74, 6) is -0.696. The van der Waals surface area contributed by atoms with Crippen LogP contribution in [0.3, 0.4) is 0 Å². The Morgan fingerprint density at radius 2 is 1.74 bits per heavy atom. The van der Waals surface area contributed by atoms with Crippen LogP contribution < -0.4 is 5.32 Å². The molecule has 1 aromatic carbocycles. The minimum absolute atomic E-state index is 0.342. The van der Waals surface area contributed by atoms with E-state index in [-0.39, 0.29) is 11.8 Å². The maximum Gasteiger partial charge on any atom is 0.258 e. The van der Waals surface area contributed by atoms with Crippen LogP contribution in [-0.2, 0) is 4.79 Å². The zero-order valence-electron chi connectivity index (χ0n) is 9.64. The van der Waals surface area contributed by atoms with Gasteiger partial charge in [-0.25, -0.2) is 0 Å². The lowest BCUT2D eigenvalue weighted by Crippen LogP contribution is -2.36. The molecule has 19 heavy (non-hydrogen) atoms. The van der Waals surface area contributed by atoms with Crippen molar-refractivity contribution in [2.75, 3.05) is 0 Å². The van der Waals surface area contributed by atoms with E-state index in [9.17, 15) is 9.59 Å². The topological polar surface area (TPSA) is 46.2 Å². The predicted octanol–water partition coefficient (Wildman–Crippen LogP) is 3.32. The fourth-order valence-corrected chi connectivity index (χ4v) is 3.33. The van der Waals surface area contributed by atoms with Crippen LogP contribution in [0, 0.1) is 0 Å². The monoisotopic (exact) mass is 333 g/mol. The number of fused-ring (bicyclic) bond motifs is 1. The van der Waals surface area contributed by atoms with Gasteiger partial charge in [0, 0.05) is 16.0 Å². The summed E-state index contributed by atoms with van der Waals surface area (Å²) < 4.78 is 1.000. The smallest absolute Gasteiger partial charge is 0.258 e. The van der Waals surface area contributed by atoms with E-state index < -0.39 is 0 Å². The van der Waals surface area contributed by atoms with Gasteiger partial charge in [0.1, 0.15) is 0 Å². The third-order valence-corrected chi connectivity index (χ3v) is 4.38. The maximum atomic E-state index is 12.0. The highest BCUT2D eigenvalue weighted by atomic mass is 79.9. The van der Waals surface area contributed by atoms with Crippen molar-refractivity contribution >= 4 is 50.7 Å². The molecule has 0 bridgehead atoms. The van der Waals surface area contributed by atoms with E-state index in [0.717, 1.165) is 8.66 Å². The van der Waals surface area contributed by atoms with Gasteiger partial charge in [-0.2, -0.15) is 0 Å². The maximum absolute atomic E-state index is 12.0. The molecule has 3 nitrogen and oxygen atoms in total. The van der Waals surface area contributed by atoms with Crippen LogP contribution in [0.4, 0.5) is 0 Å². The van der Waals surface area contributed by atoms with Crippen molar-refractivity contribution in [3.63, 3.8) is 0 Å². The van der Waals surface area contributed by atoms with Crippen LogP contribution in [-0.4, -0.2) is 11.8 Å². The Labute approximate surface area is 122 Å². The van der Waals surface area contributed by atoms with Crippen molar-refractivity contribution in [3.8, 4) is 0 Å². The van der Waals surface area contributed by atoms with Gasteiger partial charge >= 0.3 is 0 Å². The molecule has 0 saturated heterocycles. The molecule has 1 aliphatic rings. The third-order valence-electron chi connectivity index (χ3n) is 2.81. The van der Waals surface area contributed by atoms with Gasteiger partial charge in [-0.15, -0.1) is 11.3 Å². The minimum Gasteiger partial charge on any atom is -0.288 e. The first-order valence-corrected chi connectivity index (χ1v) is 7.18. The number of carbonyl (C=O) groups excluding carboxylic acids is 2. The highest BCUT2D eigenvalue weighted by Gasteiger charge is 2.26. The van der Waals surface area contributed by atoms with E-state index >= 15 is 0 Å². The molecule has 1 N–H and O–H groups in total. The lowest BCUT2D eigenvalue weighted by Gasteiger charge is -2.17. The van der Waals surface area contributed by atoms with E-state index in [0.29, 0.717) is 16.7 Å². The van der Waals surface area contributed by atoms with Crippen molar-refractivity contribution in [2.24, 2.45) is 0 Å². The van der Waals surface area contributed by atoms with Crippen LogP contribution in [0.1, 0.15) is 20.8 Å². The molecule has 5 heteroatoms. The second kappa shape index (κ2) is 4.75. The van der Waals surface area contributed by atoms with Gasteiger partial charge in [-0.3, -0.25) is 14.9 Å². The van der Waals surface area contributed by atoms with E-state index in [2.05, 4.69) is 21.2 Å². The van der Waals surface area contributed by atoms with Crippen molar-refractivity contribution in [1.82, 2.24) is 5.32 Å². The molecule has 0 unspecified atom stereocenters. The van der Waals surface area contributed by atoms with Gasteiger partial charge in [-0.05, 0) is 45.8 Å². The first-order valence-electron chi connectivity index (χ1n) is 5.57.